The van der Waals surface area contributed by atoms with Crippen LogP contribution in [0.3, 0.4) is 0 Å². The van der Waals surface area contributed by atoms with Crippen molar-refractivity contribution in [1.29, 1.82) is 0 Å². The van der Waals surface area contributed by atoms with E-state index >= 15 is 0 Å². The van der Waals surface area contributed by atoms with Crippen molar-refractivity contribution in [3.8, 4) is 0 Å². The van der Waals surface area contributed by atoms with Crippen molar-refractivity contribution in [3.05, 3.63) is 65.2 Å². The number of benzene rings is 2. The molecule has 1 fully saturated rings. The van der Waals surface area contributed by atoms with E-state index in [4.69, 9.17) is 0 Å². The molecule has 0 N–H and O–H groups in total. The van der Waals surface area contributed by atoms with E-state index in [2.05, 4.69) is 49.1 Å². The van der Waals surface area contributed by atoms with Crippen molar-refractivity contribution < 1.29 is 4.79 Å². The highest BCUT2D eigenvalue weighted by atomic mass is 16.2. The Morgan fingerprint density at radius 1 is 0.958 bits per heavy atom. The highest BCUT2D eigenvalue weighted by Crippen LogP contribution is 2.22. The van der Waals surface area contributed by atoms with Crippen LogP contribution in [0.2, 0.25) is 0 Å². The number of rotatable bonds is 4. The number of anilines is 1. The monoisotopic (exact) mass is 322 g/mol. The van der Waals surface area contributed by atoms with Crippen molar-refractivity contribution in [1.82, 2.24) is 4.90 Å². The van der Waals surface area contributed by atoms with Crippen LogP contribution < -0.4 is 4.90 Å². The predicted octanol–water partition coefficient (Wildman–Crippen LogP) is 3.58. The van der Waals surface area contributed by atoms with Gasteiger partial charge in [-0.2, -0.15) is 0 Å². The maximum Gasteiger partial charge on any atom is 0.223 e. The summed E-state index contributed by atoms with van der Waals surface area (Å²) >= 11 is 0. The summed E-state index contributed by atoms with van der Waals surface area (Å²) in [6.45, 7) is 7.77. The lowest BCUT2D eigenvalue weighted by molar-refractivity contribution is -0.131. The molecule has 0 radical (unpaired) electrons. The Morgan fingerprint density at radius 3 is 2.33 bits per heavy atom. The van der Waals surface area contributed by atoms with Gasteiger partial charge in [0.05, 0.1) is 0 Å². The van der Waals surface area contributed by atoms with E-state index in [1.54, 1.807) is 0 Å². The quantitative estimate of drug-likeness (QED) is 0.859. The molecule has 2 aromatic carbocycles. The van der Waals surface area contributed by atoms with Gasteiger partial charge in [-0.3, -0.25) is 4.79 Å². The molecule has 0 unspecified atom stereocenters. The second kappa shape index (κ2) is 7.52. The van der Waals surface area contributed by atoms with E-state index in [9.17, 15) is 4.79 Å². The normalized spacial score (nSPS) is 14.8. The zero-order chi connectivity index (χ0) is 16.9. The van der Waals surface area contributed by atoms with Crippen LogP contribution >= 0.6 is 0 Å². The van der Waals surface area contributed by atoms with E-state index in [1.807, 2.05) is 23.1 Å². The van der Waals surface area contributed by atoms with Gasteiger partial charge in [0.25, 0.3) is 0 Å². The molecule has 3 nitrogen and oxygen atoms in total. The maximum atomic E-state index is 12.4. The molecule has 3 rings (SSSR count). The molecule has 0 atom stereocenters. The molecule has 1 heterocycles. The summed E-state index contributed by atoms with van der Waals surface area (Å²) in [4.78, 5) is 16.8. The largest absolute Gasteiger partial charge is 0.368 e. The van der Waals surface area contributed by atoms with Crippen molar-refractivity contribution in [2.45, 2.75) is 26.7 Å². The molecule has 0 bridgehead atoms. The molecule has 0 aliphatic carbocycles. The predicted molar refractivity (Wildman–Crippen MR) is 99.5 cm³/mol. The van der Waals surface area contributed by atoms with Crippen molar-refractivity contribution in [3.63, 3.8) is 0 Å². The second-order valence-electron chi connectivity index (χ2n) is 6.64. The number of hydrogen-bond donors (Lipinski definition) is 0. The van der Waals surface area contributed by atoms with Crippen LogP contribution in [0, 0.1) is 13.8 Å². The lowest BCUT2D eigenvalue weighted by Gasteiger charge is -2.37. The van der Waals surface area contributed by atoms with Gasteiger partial charge in [-0.05, 0) is 37.5 Å². The minimum Gasteiger partial charge on any atom is -0.368 e. The number of hydrogen-bond acceptors (Lipinski definition) is 2. The van der Waals surface area contributed by atoms with Gasteiger partial charge < -0.3 is 9.80 Å². The summed E-state index contributed by atoms with van der Waals surface area (Å²) in [5.74, 6) is 0.277. The Hall–Kier alpha value is -2.29. The van der Waals surface area contributed by atoms with Crippen molar-refractivity contribution >= 4 is 11.6 Å². The number of aryl methyl sites for hydroxylation is 3. The lowest BCUT2D eigenvalue weighted by Crippen LogP contribution is -2.49. The van der Waals surface area contributed by atoms with Gasteiger partial charge in [0, 0.05) is 38.3 Å². The van der Waals surface area contributed by atoms with E-state index in [-0.39, 0.29) is 5.91 Å². The first kappa shape index (κ1) is 16.6. The number of carbonyl (C=O) groups excluding carboxylic acids is 1. The summed E-state index contributed by atoms with van der Waals surface area (Å²) < 4.78 is 0. The fraction of sp³-hybridized carbons (Fsp3) is 0.381. The SMILES string of the molecule is Cc1ccc(N2CCN(C(=O)CCc3ccccc3)CC2)c(C)c1. The van der Waals surface area contributed by atoms with Crippen LogP contribution in [0.5, 0.6) is 0 Å². The van der Waals surface area contributed by atoms with E-state index in [1.165, 1.54) is 22.4 Å². The average Bonchev–Trinajstić information content (AvgIpc) is 2.61. The average molecular weight is 322 g/mol. The molecule has 1 aliphatic heterocycles. The summed E-state index contributed by atoms with van der Waals surface area (Å²) in [6, 6.07) is 16.9. The molecule has 0 aromatic heterocycles. The van der Waals surface area contributed by atoms with Crippen LogP contribution in [-0.2, 0) is 11.2 Å². The second-order valence-corrected chi connectivity index (χ2v) is 6.64. The topological polar surface area (TPSA) is 23.6 Å². The summed E-state index contributed by atoms with van der Waals surface area (Å²) in [5, 5.41) is 0. The van der Waals surface area contributed by atoms with Gasteiger partial charge in [-0.1, -0.05) is 48.0 Å². The first-order valence-electron chi connectivity index (χ1n) is 8.77. The van der Waals surface area contributed by atoms with Gasteiger partial charge in [0.15, 0.2) is 0 Å². The molecule has 0 saturated carbocycles. The van der Waals surface area contributed by atoms with Crippen LogP contribution in [0.15, 0.2) is 48.5 Å². The lowest BCUT2D eigenvalue weighted by atomic mass is 10.1. The Labute approximate surface area is 144 Å². The van der Waals surface area contributed by atoms with Gasteiger partial charge in [0.1, 0.15) is 0 Å². The third-order valence-electron chi connectivity index (χ3n) is 4.80. The first-order chi connectivity index (χ1) is 11.6. The molecule has 0 spiro atoms. The third-order valence-corrected chi connectivity index (χ3v) is 4.80. The standard InChI is InChI=1S/C21H26N2O/c1-17-8-10-20(18(2)16-17)22-12-14-23(15-13-22)21(24)11-9-19-6-4-3-5-7-19/h3-8,10,16H,9,11-15H2,1-2H3. The minimum atomic E-state index is 0.277. The molecule has 126 valence electrons. The Bertz CT molecular complexity index is 688. The van der Waals surface area contributed by atoms with Crippen LogP contribution in [0.4, 0.5) is 5.69 Å². The highest BCUT2D eigenvalue weighted by molar-refractivity contribution is 5.76. The Balaban J connectivity index is 1.52. The summed E-state index contributed by atoms with van der Waals surface area (Å²) in [5.41, 5.74) is 5.15. The number of carbonyl (C=O) groups is 1. The van der Waals surface area contributed by atoms with E-state index in [0.29, 0.717) is 6.42 Å². The van der Waals surface area contributed by atoms with Gasteiger partial charge >= 0.3 is 0 Å². The molecule has 2 aromatic rings. The summed E-state index contributed by atoms with van der Waals surface area (Å²) in [7, 11) is 0. The minimum absolute atomic E-state index is 0.277. The van der Waals surface area contributed by atoms with E-state index in [0.717, 1.165) is 32.6 Å². The first-order valence-corrected chi connectivity index (χ1v) is 8.77. The molecule has 3 heteroatoms. The molecule has 1 amide bonds. The van der Waals surface area contributed by atoms with Crippen molar-refractivity contribution in [2.75, 3.05) is 31.1 Å². The van der Waals surface area contributed by atoms with Gasteiger partial charge in [-0.25, -0.2) is 0 Å². The fourth-order valence-electron chi connectivity index (χ4n) is 3.41. The maximum absolute atomic E-state index is 12.4. The number of piperazine rings is 1. The zero-order valence-corrected chi connectivity index (χ0v) is 14.7. The third kappa shape index (κ3) is 3.97. The smallest absolute Gasteiger partial charge is 0.223 e. The van der Waals surface area contributed by atoms with Gasteiger partial charge in [0.2, 0.25) is 5.91 Å². The number of nitrogens with zero attached hydrogens (tertiary/aromatic N) is 2. The van der Waals surface area contributed by atoms with Crippen molar-refractivity contribution in [2.24, 2.45) is 0 Å². The number of amides is 1. The van der Waals surface area contributed by atoms with Crippen LogP contribution in [0.1, 0.15) is 23.1 Å². The molecular weight excluding hydrogens is 296 g/mol. The highest BCUT2D eigenvalue weighted by Gasteiger charge is 2.21. The molecule has 1 aliphatic rings. The molecular formula is C21H26N2O. The molecule has 1 saturated heterocycles. The Kier molecular flexibility index (Phi) is 5.19. The summed E-state index contributed by atoms with van der Waals surface area (Å²) in [6.07, 6.45) is 1.44. The van der Waals surface area contributed by atoms with Crippen LogP contribution in [-0.4, -0.2) is 37.0 Å². The fourth-order valence-corrected chi connectivity index (χ4v) is 3.41. The molecule has 24 heavy (non-hydrogen) atoms. The zero-order valence-electron chi connectivity index (χ0n) is 14.7. The van der Waals surface area contributed by atoms with E-state index < -0.39 is 0 Å². The van der Waals surface area contributed by atoms with Gasteiger partial charge in [-0.15, -0.1) is 0 Å². The van der Waals surface area contributed by atoms with Crippen LogP contribution in [0.25, 0.3) is 0 Å². The Morgan fingerprint density at radius 2 is 1.67 bits per heavy atom.